The molecule has 5 aromatic heterocycles. The molecule has 6 rings (SSSR count). The molecule has 162 valence electrons. The lowest BCUT2D eigenvalue weighted by atomic mass is 10.1. The van der Waals surface area contributed by atoms with Crippen LogP contribution in [0.4, 0.5) is 0 Å². The SMILES string of the molecule is CN(C)Cc1cncc(-c2cc3c(-c4nc5c(-c6ccoc6)cccc5[nH]4)n[nH]c3cn2)c1. The molecule has 5 heterocycles. The summed E-state index contributed by atoms with van der Waals surface area (Å²) in [5.41, 5.74) is 8.35. The van der Waals surface area contributed by atoms with Crippen LogP contribution in [0.25, 0.3) is 55.8 Å². The summed E-state index contributed by atoms with van der Waals surface area (Å²) in [7, 11) is 4.08. The Hall–Kier alpha value is -4.30. The number of hydrogen-bond donors (Lipinski definition) is 2. The maximum absolute atomic E-state index is 5.27. The first-order valence-electron chi connectivity index (χ1n) is 10.6. The van der Waals surface area contributed by atoms with E-state index in [9.17, 15) is 0 Å². The maximum atomic E-state index is 5.27. The van der Waals surface area contributed by atoms with E-state index in [0.717, 1.165) is 62.1 Å². The molecule has 0 radical (unpaired) electrons. The summed E-state index contributed by atoms with van der Waals surface area (Å²) >= 11 is 0. The third-order valence-corrected chi connectivity index (χ3v) is 5.61. The minimum Gasteiger partial charge on any atom is -0.472 e. The number of nitrogens with zero attached hydrogens (tertiary/aromatic N) is 5. The van der Waals surface area contributed by atoms with Gasteiger partial charge in [-0.05, 0) is 43.9 Å². The first kappa shape index (κ1) is 19.4. The van der Waals surface area contributed by atoms with Gasteiger partial charge in [-0.3, -0.25) is 15.1 Å². The number of aromatic nitrogens is 6. The number of hydrogen-bond acceptors (Lipinski definition) is 6. The van der Waals surface area contributed by atoms with Crippen molar-refractivity contribution in [3.63, 3.8) is 0 Å². The van der Waals surface area contributed by atoms with Gasteiger partial charge in [0, 0.05) is 41.0 Å². The molecule has 0 amide bonds. The van der Waals surface area contributed by atoms with Crippen molar-refractivity contribution in [1.29, 1.82) is 0 Å². The zero-order valence-electron chi connectivity index (χ0n) is 18.2. The number of aromatic amines is 2. The van der Waals surface area contributed by atoms with E-state index in [2.05, 4.69) is 36.1 Å². The van der Waals surface area contributed by atoms with Crippen LogP contribution in [0, 0.1) is 0 Å². The van der Waals surface area contributed by atoms with Crippen LogP contribution in [-0.4, -0.2) is 49.1 Å². The fourth-order valence-corrected chi connectivity index (χ4v) is 4.13. The lowest BCUT2D eigenvalue weighted by Gasteiger charge is -2.10. The fraction of sp³-hybridized carbons (Fsp3) is 0.120. The summed E-state index contributed by atoms with van der Waals surface area (Å²) in [6.07, 6.45) is 8.92. The van der Waals surface area contributed by atoms with Gasteiger partial charge in [0.1, 0.15) is 5.69 Å². The van der Waals surface area contributed by atoms with Crippen molar-refractivity contribution in [2.45, 2.75) is 6.54 Å². The van der Waals surface area contributed by atoms with Gasteiger partial charge in [-0.15, -0.1) is 0 Å². The molecule has 0 aliphatic heterocycles. The number of imidazole rings is 1. The highest BCUT2D eigenvalue weighted by Gasteiger charge is 2.16. The monoisotopic (exact) mass is 435 g/mol. The highest BCUT2D eigenvalue weighted by Crippen LogP contribution is 2.32. The molecule has 0 aliphatic carbocycles. The van der Waals surface area contributed by atoms with Crippen LogP contribution in [-0.2, 0) is 6.54 Å². The van der Waals surface area contributed by atoms with Gasteiger partial charge in [0.05, 0.1) is 41.0 Å². The summed E-state index contributed by atoms with van der Waals surface area (Å²) in [6, 6.07) is 12.2. The van der Waals surface area contributed by atoms with Gasteiger partial charge in [0.15, 0.2) is 5.82 Å². The van der Waals surface area contributed by atoms with Gasteiger partial charge in [0.25, 0.3) is 0 Å². The molecule has 0 saturated heterocycles. The Balaban J connectivity index is 1.45. The molecular formula is C25H21N7O. The molecule has 1 aromatic carbocycles. The molecule has 0 fully saturated rings. The fourth-order valence-electron chi connectivity index (χ4n) is 4.13. The normalized spacial score (nSPS) is 11.7. The Bertz CT molecular complexity index is 1580. The van der Waals surface area contributed by atoms with Crippen molar-refractivity contribution in [2.24, 2.45) is 0 Å². The molecule has 2 N–H and O–H groups in total. The molecular weight excluding hydrogens is 414 g/mol. The standard InChI is InChI=1S/C25H21N7O/c1-32(2)13-15-8-17(11-26-10-15)21-9-19-22(12-27-21)30-31-24(19)25-28-20-5-3-4-18(23(20)29-25)16-6-7-33-14-16/h3-12,14H,13H2,1-2H3,(H,28,29)(H,30,31). The van der Waals surface area contributed by atoms with Crippen molar-refractivity contribution in [3.8, 4) is 33.9 Å². The van der Waals surface area contributed by atoms with Crippen LogP contribution < -0.4 is 0 Å². The van der Waals surface area contributed by atoms with Crippen molar-refractivity contribution in [2.75, 3.05) is 14.1 Å². The Labute approximate surface area is 189 Å². The average Bonchev–Trinajstić information content (AvgIpc) is 3.57. The molecule has 33 heavy (non-hydrogen) atoms. The number of pyridine rings is 2. The lowest BCUT2D eigenvalue weighted by molar-refractivity contribution is 0.402. The zero-order valence-corrected chi connectivity index (χ0v) is 18.2. The second-order valence-electron chi connectivity index (χ2n) is 8.31. The molecule has 0 saturated carbocycles. The van der Waals surface area contributed by atoms with E-state index < -0.39 is 0 Å². The smallest absolute Gasteiger partial charge is 0.159 e. The van der Waals surface area contributed by atoms with Crippen LogP contribution in [0.15, 0.2) is 71.9 Å². The number of H-pyrrole nitrogens is 2. The number of fused-ring (bicyclic) bond motifs is 2. The van der Waals surface area contributed by atoms with Crippen LogP contribution in [0.3, 0.4) is 0 Å². The Morgan fingerprint density at radius 1 is 1.00 bits per heavy atom. The largest absolute Gasteiger partial charge is 0.472 e. The third-order valence-electron chi connectivity index (χ3n) is 5.61. The Kier molecular flexibility index (Phi) is 4.51. The van der Waals surface area contributed by atoms with Crippen molar-refractivity contribution >= 4 is 21.9 Å². The van der Waals surface area contributed by atoms with E-state index in [-0.39, 0.29) is 0 Å². The van der Waals surface area contributed by atoms with E-state index in [0.29, 0.717) is 5.82 Å². The van der Waals surface area contributed by atoms with E-state index in [1.165, 1.54) is 0 Å². The summed E-state index contributed by atoms with van der Waals surface area (Å²) in [5, 5.41) is 8.57. The Morgan fingerprint density at radius 2 is 1.94 bits per heavy atom. The van der Waals surface area contributed by atoms with E-state index in [4.69, 9.17) is 9.40 Å². The lowest BCUT2D eigenvalue weighted by Crippen LogP contribution is -2.10. The Morgan fingerprint density at radius 3 is 2.79 bits per heavy atom. The summed E-state index contributed by atoms with van der Waals surface area (Å²) in [4.78, 5) is 19.5. The number of nitrogens with one attached hydrogen (secondary N) is 2. The van der Waals surface area contributed by atoms with E-state index in [1.54, 1.807) is 18.7 Å². The quantitative estimate of drug-likeness (QED) is 0.400. The molecule has 6 aromatic rings. The molecule has 0 atom stereocenters. The van der Waals surface area contributed by atoms with E-state index >= 15 is 0 Å². The van der Waals surface area contributed by atoms with Crippen molar-refractivity contribution in [3.05, 3.63) is 73.1 Å². The summed E-state index contributed by atoms with van der Waals surface area (Å²) in [5.74, 6) is 0.698. The average molecular weight is 435 g/mol. The topological polar surface area (TPSA) is 99.5 Å². The minimum absolute atomic E-state index is 0.698. The van der Waals surface area contributed by atoms with Crippen LogP contribution in [0.5, 0.6) is 0 Å². The van der Waals surface area contributed by atoms with Gasteiger partial charge in [-0.25, -0.2) is 4.98 Å². The predicted octanol–water partition coefficient (Wildman–Crippen LogP) is 4.88. The maximum Gasteiger partial charge on any atom is 0.159 e. The molecule has 8 heteroatoms. The highest BCUT2D eigenvalue weighted by molar-refractivity contribution is 5.97. The molecule has 0 unspecified atom stereocenters. The first-order chi connectivity index (χ1) is 16.2. The van der Waals surface area contributed by atoms with Gasteiger partial charge in [-0.1, -0.05) is 12.1 Å². The number of benzene rings is 1. The van der Waals surface area contributed by atoms with Crippen LogP contribution in [0.2, 0.25) is 0 Å². The molecule has 0 aliphatic rings. The van der Waals surface area contributed by atoms with Crippen LogP contribution >= 0.6 is 0 Å². The zero-order chi connectivity index (χ0) is 22.4. The number of para-hydroxylation sites is 1. The van der Waals surface area contributed by atoms with Crippen LogP contribution in [0.1, 0.15) is 5.56 Å². The van der Waals surface area contributed by atoms with E-state index in [1.807, 2.05) is 56.8 Å². The van der Waals surface area contributed by atoms with Gasteiger partial charge < -0.3 is 14.3 Å². The van der Waals surface area contributed by atoms with Crippen molar-refractivity contribution in [1.82, 2.24) is 35.0 Å². The predicted molar refractivity (Wildman–Crippen MR) is 127 cm³/mol. The first-order valence-corrected chi connectivity index (χ1v) is 10.6. The third kappa shape index (κ3) is 3.46. The second kappa shape index (κ2) is 7.68. The molecule has 0 spiro atoms. The van der Waals surface area contributed by atoms with Crippen molar-refractivity contribution < 1.29 is 4.42 Å². The minimum atomic E-state index is 0.698. The number of furan rings is 1. The van der Waals surface area contributed by atoms with Gasteiger partial charge in [-0.2, -0.15) is 5.10 Å². The summed E-state index contributed by atoms with van der Waals surface area (Å²) < 4.78 is 5.27. The summed E-state index contributed by atoms with van der Waals surface area (Å²) in [6.45, 7) is 0.817. The number of rotatable bonds is 5. The molecule has 0 bridgehead atoms. The van der Waals surface area contributed by atoms with Gasteiger partial charge in [0.2, 0.25) is 0 Å². The molecule has 8 nitrogen and oxygen atoms in total. The van der Waals surface area contributed by atoms with Gasteiger partial charge >= 0.3 is 0 Å². The highest BCUT2D eigenvalue weighted by atomic mass is 16.3. The second-order valence-corrected chi connectivity index (χ2v) is 8.31.